The van der Waals surface area contributed by atoms with Crippen LogP contribution in [-0.4, -0.2) is 25.8 Å². The lowest BCUT2D eigenvalue weighted by molar-refractivity contribution is 0.102. The third-order valence-electron chi connectivity index (χ3n) is 4.40. The molecular weight excluding hydrogens is 429 g/mol. The number of benzene rings is 2. The molecule has 0 aliphatic carbocycles. The van der Waals surface area contributed by atoms with Gasteiger partial charge in [0, 0.05) is 16.3 Å². The Morgan fingerprint density at radius 3 is 2.73 bits per heavy atom. The Balaban J connectivity index is 1.58. The normalized spacial score (nSPS) is 10.9. The molecule has 8 nitrogen and oxygen atoms in total. The number of amides is 1. The molecule has 0 spiro atoms. The van der Waals surface area contributed by atoms with E-state index >= 15 is 0 Å². The molecule has 0 atom stereocenters. The third kappa shape index (κ3) is 4.00. The Hall–Kier alpha value is -3.36. The number of halogens is 2. The first-order valence-corrected chi connectivity index (χ1v) is 9.62. The smallest absolute Gasteiger partial charge is 0.322 e. The van der Waals surface area contributed by atoms with Gasteiger partial charge in [0.2, 0.25) is 0 Å². The maximum atomic E-state index is 12.9. The van der Waals surface area contributed by atoms with Crippen LogP contribution in [-0.2, 0) is 6.54 Å². The van der Waals surface area contributed by atoms with Crippen LogP contribution in [0.15, 0.2) is 57.8 Å². The van der Waals surface area contributed by atoms with E-state index in [1.807, 2.05) is 18.2 Å². The van der Waals surface area contributed by atoms with Crippen LogP contribution in [0.3, 0.4) is 0 Å². The van der Waals surface area contributed by atoms with Crippen molar-refractivity contribution in [2.45, 2.75) is 13.5 Å². The number of nitrogens with zero attached hydrogens (tertiary/aromatic N) is 3. The van der Waals surface area contributed by atoms with E-state index in [0.29, 0.717) is 28.5 Å². The van der Waals surface area contributed by atoms with Crippen molar-refractivity contribution in [3.05, 3.63) is 86.1 Å². The van der Waals surface area contributed by atoms with Crippen molar-refractivity contribution in [1.29, 1.82) is 0 Å². The van der Waals surface area contributed by atoms with Crippen LogP contribution in [0.2, 0.25) is 10.2 Å². The number of H-pyrrole nitrogens is 1. The molecule has 0 saturated carbocycles. The van der Waals surface area contributed by atoms with Crippen LogP contribution >= 0.6 is 23.2 Å². The number of hydrogen-bond donors (Lipinski definition) is 2. The van der Waals surface area contributed by atoms with E-state index in [2.05, 4.69) is 25.1 Å². The first kappa shape index (κ1) is 19.9. The molecule has 0 unspecified atom stereocenters. The molecule has 30 heavy (non-hydrogen) atoms. The largest absolute Gasteiger partial charge is 0.439 e. The lowest BCUT2D eigenvalue weighted by atomic mass is 10.1. The maximum absolute atomic E-state index is 12.9. The molecule has 0 fully saturated rings. The number of carbonyl (C=O) groups is 1. The second kappa shape index (κ2) is 8.17. The highest BCUT2D eigenvalue weighted by Gasteiger charge is 2.21. The summed E-state index contributed by atoms with van der Waals surface area (Å²) in [6.07, 6.45) is 0. The fraction of sp³-hybridized carbons (Fsp3) is 0.100. The van der Waals surface area contributed by atoms with Gasteiger partial charge in [0.15, 0.2) is 5.82 Å². The highest BCUT2D eigenvalue weighted by atomic mass is 35.5. The average molecular weight is 444 g/mol. The molecule has 0 aliphatic heterocycles. The molecule has 0 saturated heterocycles. The summed E-state index contributed by atoms with van der Waals surface area (Å²) in [4.78, 5) is 26.5. The van der Waals surface area contributed by atoms with Crippen LogP contribution < -0.4 is 11.1 Å². The average Bonchev–Trinajstić information content (AvgIpc) is 3.27. The van der Waals surface area contributed by atoms with Crippen LogP contribution in [0.5, 0.6) is 0 Å². The molecule has 10 heteroatoms. The molecule has 4 aromatic rings. The summed E-state index contributed by atoms with van der Waals surface area (Å²) in [5, 5.41) is 11.6. The van der Waals surface area contributed by atoms with Gasteiger partial charge in [0.1, 0.15) is 5.15 Å². The van der Waals surface area contributed by atoms with Gasteiger partial charge in [-0.1, -0.05) is 58.7 Å². The van der Waals surface area contributed by atoms with Gasteiger partial charge in [-0.25, -0.2) is 9.48 Å². The predicted molar refractivity (Wildman–Crippen MR) is 113 cm³/mol. The Morgan fingerprint density at radius 2 is 2.00 bits per heavy atom. The topological polar surface area (TPSA) is 106 Å². The van der Waals surface area contributed by atoms with Crippen molar-refractivity contribution < 1.29 is 9.32 Å². The van der Waals surface area contributed by atoms with E-state index in [9.17, 15) is 9.59 Å². The second-order valence-electron chi connectivity index (χ2n) is 6.48. The Kier molecular flexibility index (Phi) is 5.43. The number of rotatable bonds is 5. The number of aromatic nitrogens is 4. The lowest BCUT2D eigenvalue weighted by Gasteiger charge is -2.07. The monoisotopic (exact) mass is 443 g/mol. The second-order valence-corrected chi connectivity index (χ2v) is 7.24. The van der Waals surface area contributed by atoms with Crippen LogP contribution in [0.4, 0.5) is 5.69 Å². The first-order valence-electron chi connectivity index (χ1n) is 8.86. The number of aromatic amines is 1. The summed E-state index contributed by atoms with van der Waals surface area (Å²) < 4.78 is 6.05. The summed E-state index contributed by atoms with van der Waals surface area (Å²) in [5.74, 6) is -0.806. The van der Waals surface area contributed by atoms with Crippen molar-refractivity contribution in [2.75, 3.05) is 5.32 Å². The summed E-state index contributed by atoms with van der Waals surface area (Å²) in [6, 6.07) is 14.2. The van der Waals surface area contributed by atoms with Crippen molar-refractivity contribution >= 4 is 34.8 Å². The number of aryl methyl sites for hydroxylation is 1. The van der Waals surface area contributed by atoms with E-state index in [1.165, 1.54) is 4.68 Å². The fourth-order valence-electron chi connectivity index (χ4n) is 3.00. The minimum absolute atomic E-state index is 0.210. The molecule has 4 rings (SSSR count). The van der Waals surface area contributed by atoms with Crippen LogP contribution in [0.1, 0.15) is 21.6 Å². The quantitative estimate of drug-likeness (QED) is 0.481. The number of anilines is 1. The maximum Gasteiger partial charge on any atom is 0.439 e. The molecule has 0 radical (unpaired) electrons. The molecule has 2 aromatic carbocycles. The molecule has 2 heterocycles. The van der Waals surface area contributed by atoms with Crippen molar-refractivity contribution in [2.24, 2.45) is 0 Å². The number of carbonyl (C=O) groups excluding carboxylic acids is 1. The van der Waals surface area contributed by atoms with Gasteiger partial charge >= 0.3 is 5.76 Å². The minimum Gasteiger partial charge on any atom is -0.322 e. The number of nitrogens with one attached hydrogen (secondary N) is 2. The van der Waals surface area contributed by atoms with E-state index in [1.54, 1.807) is 37.3 Å². The summed E-state index contributed by atoms with van der Waals surface area (Å²) in [5.41, 5.74) is 2.67. The van der Waals surface area contributed by atoms with Crippen LogP contribution in [0, 0.1) is 6.92 Å². The fourth-order valence-corrected chi connectivity index (χ4v) is 3.51. The molecule has 0 aliphatic rings. The summed E-state index contributed by atoms with van der Waals surface area (Å²) in [6.45, 7) is 2.04. The minimum atomic E-state index is -0.659. The van der Waals surface area contributed by atoms with Crippen molar-refractivity contribution in [1.82, 2.24) is 19.9 Å². The Labute approximate surface area is 180 Å². The predicted octanol–water partition coefficient (Wildman–Crippen LogP) is 4.14. The first-order chi connectivity index (χ1) is 14.4. The van der Waals surface area contributed by atoms with Crippen LogP contribution in [0.25, 0.3) is 11.4 Å². The van der Waals surface area contributed by atoms with Gasteiger partial charge < -0.3 is 5.32 Å². The van der Waals surface area contributed by atoms with Gasteiger partial charge in [-0.3, -0.25) is 14.3 Å². The zero-order valence-electron chi connectivity index (χ0n) is 15.6. The standard InChI is InChI=1S/C20H15Cl2N5O3/c1-11-16(17(22)27(25-11)10-13-5-2-3-8-15(13)21)19(28)23-14-7-4-6-12(9-14)18-24-20(29)30-26-18/h2-9H,10H2,1H3,(H,23,28)(H,24,26,29). The molecule has 2 aromatic heterocycles. The van der Waals surface area contributed by atoms with E-state index in [4.69, 9.17) is 23.2 Å². The molecule has 0 bridgehead atoms. The molecular formula is C20H15Cl2N5O3. The molecule has 1 amide bonds. The van der Waals surface area contributed by atoms with Gasteiger partial charge in [-0.15, -0.1) is 0 Å². The summed E-state index contributed by atoms with van der Waals surface area (Å²) in [7, 11) is 0. The highest BCUT2D eigenvalue weighted by molar-refractivity contribution is 6.34. The third-order valence-corrected chi connectivity index (χ3v) is 5.16. The van der Waals surface area contributed by atoms with Gasteiger partial charge in [0.05, 0.1) is 17.8 Å². The molecule has 152 valence electrons. The number of hydrogen-bond acceptors (Lipinski definition) is 5. The van der Waals surface area contributed by atoms with E-state index in [0.717, 1.165) is 5.56 Å². The summed E-state index contributed by atoms with van der Waals surface area (Å²) >= 11 is 12.7. The van der Waals surface area contributed by atoms with Gasteiger partial charge in [0.25, 0.3) is 5.91 Å². The van der Waals surface area contributed by atoms with Crippen molar-refractivity contribution in [3.63, 3.8) is 0 Å². The van der Waals surface area contributed by atoms with Gasteiger partial charge in [-0.2, -0.15) is 5.10 Å². The van der Waals surface area contributed by atoms with Crippen molar-refractivity contribution in [3.8, 4) is 11.4 Å². The molecule has 2 N–H and O–H groups in total. The lowest BCUT2D eigenvalue weighted by Crippen LogP contribution is -2.13. The Bertz CT molecular complexity index is 1290. The Morgan fingerprint density at radius 1 is 1.20 bits per heavy atom. The zero-order chi connectivity index (χ0) is 21.3. The van der Waals surface area contributed by atoms with E-state index < -0.39 is 11.7 Å². The van der Waals surface area contributed by atoms with Gasteiger partial charge in [-0.05, 0) is 30.7 Å². The zero-order valence-corrected chi connectivity index (χ0v) is 17.2. The highest BCUT2D eigenvalue weighted by Crippen LogP contribution is 2.25. The SMILES string of the molecule is Cc1nn(Cc2ccccc2Cl)c(Cl)c1C(=O)Nc1cccc(-c2noc(=O)[nH]2)c1. The van der Waals surface area contributed by atoms with E-state index in [-0.39, 0.29) is 16.5 Å².